The Hall–Kier alpha value is -2.81. The number of fused-ring (bicyclic) bond motifs is 2. The second kappa shape index (κ2) is 6.59. The highest BCUT2D eigenvalue weighted by Crippen LogP contribution is 2.57. The lowest BCUT2D eigenvalue weighted by atomic mass is 9.77. The van der Waals surface area contributed by atoms with E-state index >= 15 is 0 Å². The number of aliphatic hydroxyl groups excluding tert-OH is 1. The maximum atomic E-state index is 12.6. The SMILES string of the molecule is C[C@@H](O)C1C(=O)N2C(C(=O)O)=C(c3nc4c(s3)C(C(=O)O)=CCN4)[C@@](C)(S(=O)(=O)O)C12. The van der Waals surface area contributed by atoms with Crippen molar-refractivity contribution in [1.82, 2.24) is 9.88 Å². The summed E-state index contributed by atoms with van der Waals surface area (Å²) in [6.07, 6.45) is 0.0765. The van der Waals surface area contributed by atoms with E-state index in [0.29, 0.717) is 0 Å². The Labute approximate surface area is 179 Å². The summed E-state index contributed by atoms with van der Waals surface area (Å²) in [6, 6.07) is -1.38. The summed E-state index contributed by atoms with van der Waals surface area (Å²) in [5, 5.41) is 31.9. The van der Waals surface area contributed by atoms with E-state index in [2.05, 4.69) is 10.3 Å². The van der Waals surface area contributed by atoms with Crippen molar-refractivity contribution in [2.24, 2.45) is 5.92 Å². The third-order valence-electron chi connectivity index (χ3n) is 5.83. The number of carboxylic acid groups (broad SMARTS) is 2. The molecule has 0 aliphatic carbocycles. The number of hydrogen-bond acceptors (Lipinski definition) is 9. The minimum Gasteiger partial charge on any atom is -0.478 e. The van der Waals surface area contributed by atoms with Crippen molar-refractivity contribution in [3.8, 4) is 0 Å². The maximum Gasteiger partial charge on any atom is 0.353 e. The number of anilines is 1. The highest BCUT2D eigenvalue weighted by Gasteiger charge is 2.71. The molecule has 31 heavy (non-hydrogen) atoms. The zero-order valence-corrected chi connectivity index (χ0v) is 17.7. The van der Waals surface area contributed by atoms with Crippen molar-refractivity contribution in [1.29, 1.82) is 0 Å². The van der Waals surface area contributed by atoms with Crippen LogP contribution in [0, 0.1) is 5.92 Å². The fourth-order valence-electron chi connectivity index (χ4n) is 4.38. The summed E-state index contributed by atoms with van der Waals surface area (Å²) < 4.78 is 32.9. The monoisotopic (exact) mass is 471 g/mol. The molecule has 1 aromatic rings. The second-order valence-electron chi connectivity index (χ2n) is 7.53. The van der Waals surface area contributed by atoms with E-state index in [-0.39, 0.29) is 27.8 Å². The fourth-order valence-corrected chi connectivity index (χ4v) is 6.69. The number of aromatic nitrogens is 1. The molecule has 12 nitrogen and oxygen atoms in total. The molecule has 0 radical (unpaired) electrons. The number of hydrogen-bond donors (Lipinski definition) is 5. The predicted octanol–water partition coefficient (Wildman–Crippen LogP) is -0.300. The van der Waals surface area contributed by atoms with Gasteiger partial charge in [-0.1, -0.05) is 0 Å². The van der Waals surface area contributed by atoms with Gasteiger partial charge in [0.05, 0.1) is 28.5 Å². The Morgan fingerprint density at radius 1 is 1.35 bits per heavy atom. The van der Waals surface area contributed by atoms with Crippen LogP contribution in [0.3, 0.4) is 0 Å². The van der Waals surface area contributed by atoms with Crippen LogP contribution >= 0.6 is 11.3 Å². The van der Waals surface area contributed by atoms with E-state index < -0.39 is 62.0 Å². The van der Waals surface area contributed by atoms with Crippen LogP contribution in [0.1, 0.15) is 23.7 Å². The van der Waals surface area contributed by atoms with Crippen LogP contribution in [0.15, 0.2) is 11.8 Å². The van der Waals surface area contributed by atoms with E-state index in [1.165, 1.54) is 13.0 Å². The fraction of sp³-hybridized carbons (Fsp3) is 0.412. The standard InChI is InChI=1S/C17H17N3O9S2/c1-5(21)7-11-17(2,31(27,28)29)8(9(16(25)26)20(11)14(7)22)13-19-12-10(30-13)6(15(23)24)3-4-18-12/h3,5,7,11,18,21H,4H2,1-2H3,(H,23,24)(H,25,26)(H,27,28,29)/t5-,7?,11?,17-/m1/s1. The number of carboxylic acids is 2. The molecule has 14 heteroatoms. The first-order valence-corrected chi connectivity index (χ1v) is 11.2. The van der Waals surface area contributed by atoms with Crippen LogP contribution < -0.4 is 5.32 Å². The second-order valence-corrected chi connectivity index (χ2v) is 10.3. The summed E-state index contributed by atoms with van der Waals surface area (Å²) >= 11 is 0.731. The van der Waals surface area contributed by atoms with Crippen LogP contribution in [-0.2, 0) is 24.5 Å². The number of nitrogens with one attached hydrogen (secondary N) is 1. The molecule has 166 valence electrons. The Kier molecular flexibility index (Phi) is 4.56. The van der Waals surface area contributed by atoms with Gasteiger partial charge in [-0.25, -0.2) is 14.6 Å². The molecule has 1 aromatic heterocycles. The molecule has 4 atom stereocenters. The Morgan fingerprint density at radius 3 is 2.52 bits per heavy atom. The molecule has 4 rings (SSSR count). The van der Waals surface area contributed by atoms with Crippen LogP contribution in [0.2, 0.25) is 0 Å². The van der Waals surface area contributed by atoms with Crippen molar-refractivity contribution >= 4 is 56.3 Å². The van der Waals surface area contributed by atoms with Gasteiger partial charge in [-0.15, -0.1) is 11.3 Å². The molecular weight excluding hydrogens is 454 g/mol. The molecule has 0 saturated carbocycles. The van der Waals surface area contributed by atoms with Crippen molar-refractivity contribution in [2.45, 2.75) is 30.7 Å². The maximum absolute atomic E-state index is 12.6. The third kappa shape index (κ3) is 2.68. The van der Waals surface area contributed by atoms with E-state index in [1.807, 2.05) is 0 Å². The third-order valence-corrected chi connectivity index (χ3v) is 8.45. The molecule has 5 N–H and O–H groups in total. The van der Waals surface area contributed by atoms with Gasteiger partial charge in [0.2, 0.25) is 5.91 Å². The van der Waals surface area contributed by atoms with Gasteiger partial charge in [-0.05, 0) is 19.9 Å². The minimum absolute atomic E-state index is 0.0947. The van der Waals surface area contributed by atoms with Gasteiger partial charge in [0.1, 0.15) is 21.3 Å². The molecule has 1 fully saturated rings. The molecule has 0 aromatic carbocycles. The lowest BCUT2D eigenvalue weighted by molar-refractivity contribution is -0.162. The molecule has 4 heterocycles. The number of β-lactam (4-membered cyclic amide) rings is 1. The average molecular weight is 471 g/mol. The molecule has 0 spiro atoms. The lowest BCUT2D eigenvalue weighted by Gasteiger charge is -2.49. The van der Waals surface area contributed by atoms with E-state index in [9.17, 15) is 42.7 Å². The zero-order valence-electron chi connectivity index (χ0n) is 16.1. The van der Waals surface area contributed by atoms with Crippen molar-refractivity contribution in [3.05, 3.63) is 21.7 Å². The summed E-state index contributed by atoms with van der Waals surface area (Å²) in [5.41, 5.74) is -1.21. The number of amides is 1. The molecule has 0 bridgehead atoms. The van der Waals surface area contributed by atoms with Gasteiger partial charge in [-0.3, -0.25) is 14.2 Å². The molecular formula is C17H17N3O9S2. The number of thiazole rings is 1. The quantitative estimate of drug-likeness (QED) is 0.279. The topological polar surface area (TPSA) is 194 Å². The number of aliphatic carboxylic acids is 2. The van der Waals surface area contributed by atoms with Crippen LogP contribution in [0.5, 0.6) is 0 Å². The largest absolute Gasteiger partial charge is 0.478 e. The summed E-state index contributed by atoms with van der Waals surface area (Å²) in [7, 11) is -5.03. The molecule has 1 amide bonds. The van der Waals surface area contributed by atoms with Gasteiger partial charge in [0.25, 0.3) is 10.1 Å². The Morgan fingerprint density at radius 2 is 2.00 bits per heavy atom. The first-order valence-electron chi connectivity index (χ1n) is 8.97. The number of carbonyl (C=O) groups is 3. The van der Waals surface area contributed by atoms with E-state index in [4.69, 9.17) is 0 Å². The van der Waals surface area contributed by atoms with Crippen molar-refractivity contribution < 1.29 is 42.7 Å². The minimum atomic E-state index is -5.03. The highest BCUT2D eigenvalue weighted by molar-refractivity contribution is 7.87. The van der Waals surface area contributed by atoms with Gasteiger partial charge >= 0.3 is 11.9 Å². The Balaban J connectivity index is 2.00. The van der Waals surface area contributed by atoms with Crippen LogP contribution in [-0.4, -0.2) is 79.5 Å². The van der Waals surface area contributed by atoms with Crippen LogP contribution in [0.25, 0.3) is 11.1 Å². The summed E-state index contributed by atoms with van der Waals surface area (Å²) in [5.74, 6) is -4.82. The van der Waals surface area contributed by atoms with E-state index in [0.717, 1.165) is 23.2 Å². The molecule has 2 unspecified atom stereocenters. The van der Waals surface area contributed by atoms with Gasteiger partial charge in [-0.2, -0.15) is 8.42 Å². The zero-order chi connectivity index (χ0) is 23.0. The molecule has 3 aliphatic rings. The lowest BCUT2D eigenvalue weighted by Crippen LogP contribution is -2.69. The number of aliphatic hydroxyl groups is 1. The smallest absolute Gasteiger partial charge is 0.353 e. The first-order chi connectivity index (χ1) is 14.3. The van der Waals surface area contributed by atoms with Crippen LogP contribution in [0.4, 0.5) is 5.82 Å². The normalized spacial score (nSPS) is 28.3. The molecule has 3 aliphatic heterocycles. The van der Waals surface area contributed by atoms with E-state index in [1.54, 1.807) is 0 Å². The van der Waals surface area contributed by atoms with Gasteiger partial charge in [0.15, 0.2) is 0 Å². The predicted molar refractivity (Wildman–Crippen MR) is 107 cm³/mol. The number of carbonyl (C=O) groups excluding carboxylic acids is 1. The van der Waals surface area contributed by atoms with Gasteiger partial charge < -0.3 is 20.6 Å². The summed E-state index contributed by atoms with van der Waals surface area (Å²) in [4.78, 5) is 41.3. The van der Waals surface area contributed by atoms with Crippen molar-refractivity contribution in [3.63, 3.8) is 0 Å². The van der Waals surface area contributed by atoms with Crippen molar-refractivity contribution in [2.75, 3.05) is 11.9 Å². The highest BCUT2D eigenvalue weighted by atomic mass is 32.2. The molecule has 1 saturated heterocycles. The average Bonchev–Trinajstić information content (AvgIpc) is 3.16. The number of rotatable bonds is 5. The number of nitrogens with zero attached hydrogens (tertiary/aromatic N) is 2. The van der Waals surface area contributed by atoms with Gasteiger partial charge in [0, 0.05) is 12.1 Å². The Bertz CT molecular complexity index is 1210. The summed E-state index contributed by atoms with van der Waals surface area (Å²) in [6.45, 7) is 2.46. The first kappa shape index (κ1) is 21.4.